The highest BCUT2D eigenvalue weighted by molar-refractivity contribution is 5.96. The molecule has 0 bridgehead atoms. The molecule has 0 atom stereocenters. The SMILES string of the molecule is NC(=O)C1CCN(C(=O)c2c[nH]c(=O)cc2O)CC1. The van der Waals surface area contributed by atoms with Gasteiger partial charge in [0.1, 0.15) is 5.75 Å². The van der Waals surface area contributed by atoms with Crippen LogP contribution in [-0.2, 0) is 4.79 Å². The van der Waals surface area contributed by atoms with Gasteiger partial charge in [0.05, 0.1) is 5.56 Å². The van der Waals surface area contributed by atoms with E-state index in [4.69, 9.17) is 5.73 Å². The summed E-state index contributed by atoms with van der Waals surface area (Å²) in [6, 6.07) is 0.962. The molecule has 2 amide bonds. The number of hydrogen-bond acceptors (Lipinski definition) is 4. The molecule has 0 unspecified atom stereocenters. The molecule has 2 heterocycles. The van der Waals surface area contributed by atoms with E-state index in [-0.39, 0.29) is 29.0 Å². The zero-order valence-electron chi connectivity index (χ0n) is 10.3. The average Bonchev–Trinajstić information content (AvgIpc) is 2.38. The Kier molecular flexibility index (Phi) is 3.55. The lowest BCUT2D eigenvalue weighted by molar-refractivity contribution is -0.123. The average molecular weight is 265 g/mol. The Balaban J connectivity index is 2.09. The van der Waals surface area contributed by atoms with Crippen molar-refractivity contribution in [3.05, 3.63) is 28.2 Å². The first kappa shape index (κ1) is 13.1. The van der Waals surface area contributed by atoms with E-state index in [1.54, 1.807) is 0 Å². The standard InChI is InChI=1S/C12H15N3O4/c13-11(18)7-1-3-15(4-2-7)12(19)8-6-14-10(17)5-9(8)16/h5-7H,1-4H2,(H2,13,18)(H2,14,16,17). The van der Waals surface area contributed by atoms with Gasteiger partial charge in [0.15, 0.2) is 0 Å². The number of aromatic nitrogens is 1. The number of carbonyl (C=O) groups excluding carboxylic acids is 2. The lowest BCUT2D eigenvalue weighted by Gasteiger charge is -2.30. The van der Waals surface area contributed by atoms with Gasteiger partial charge in [0.2, 0.25) is 5.91 Å². The van der Waals surface area contributed by atoms with E-state index >= 15 is 0 Å². The van der Waals surface area contributed by atoms with E-state index in [1.807, 2.05) is 0 Å². The Bertz CT molecular complexity index is 558. The maximum atomic E-state index is 12.1. The summed E-state index contributed by atoms with van der Waals surface area (Å²) in [4.78, 5) is 38.0. The Labute approximate surface area is 109 Å². The van der Waals surface area contributed by atoms with E-state index in [1.165, 1.54) is 11.1 Å². The van der Waals surface area contributed by atoms with Gasteiger partial charge >= 0.3 is 0 Å². The molecule has 0 spiro atoms. The van der Waals surface area contributed by atoms with Gasteiger partial charge in [-0.2, -0.15) is 0 Å². The fourth-order valence-electron chi connectivity index (χ4n) is 2.17. The Morgan fingerprint density at radius 1 is 1.37 bits per heavy atom. The summed E-state index contributed by atoms with van der Waals surface area (Å²) in [5.41, 5.74) is 4.80. The van der Waals surface area contributed by atoms with Gasteiger partial charge in [0.25, 0.3) is 11.5 Å². The second-order valence-corrected chi connectivity index (χ2v) is 4.57. The van der Waals surface area contributed by atoms with Crippen molar-refractivity contribution < 1.29 is 14.7 Å². The van der Waals surface area contributed by atoms with Gasteiger partial charge in [-0.1, -0.05) is 0 Å². The van der Waals surface area contributed by atoms with Gasteiger partial charge < -0.3 is 20.7 Å². The summed E-state index contributed by atoms with van der Waals surface area (Å²) in [5.74, 6) is -1.25. The molecule has 4 N–H and O–H groups in total. The van der Waals surface area contributed by atoms with Gasteiger partial charge in [-0.15, -0.1) is 0 Å². The number of aromatic hydroxyl groups is 1. The predicted molar refractivity (Wildman–Crippen MR) is 66.5 cm³/mol. The monoisotopic (exact) mass is 265 g/mol. The summed E-state index contributed by atoms with van der Waals surface area (Å²) in [7, 11) is 0. The first-order valence-corrected chi connectivity index (χ1v) is 5.99. The second-order valence-electron chi connectivity index (χ2n) is 4.57. The molecular weight excluding hydrogens is 250 g/mol. The maximum absolute atomic E-state index is 12.1. The number of amides is 2. The third-order valence-electron chi connectivity index (χ3n) is 3.32. The van der Waals surface area contributed by atoms with Crippen LogP contribution in [0.25, 0.3) is 0 Å². The van der Waals surface area contributed by atoms with Gasteiger partial charge in [-0.05, 0) is 12.8 Å². The minimum atomic E-state index is -0.471. The number of nitrogens with zero attached hydrogens (tertiary/aromatic N) is 1. The molecule has 1 aromatic rings. The quantitative estimate of drug-likeness (QED) is 0.663. The van der Waals surface area contributed by atoms with E-state index in [9.17, 15) is 19.5 Å². The largest absolute Gasteiger partial charge is 0.507 e. The number of primary amides is 1. The van der Waals surface area contributed by atoms with Crippen LogP contribution in [0.4, 0.5) is 0 Å². The number of carbonyl (C=O) groups is 2. The highest BCUT2D eigenvalue weighted by atomic mass is 16.3. The number of nitrogens with one attached hydrogen (secondary N) is 1. The van der Waals surface area contributed by atoms with Crippen LogP contribution in [0.15, 0.2) is 17.1 Å². The Hall–Kier alpha value is -2.31. The third kappa shape index (κ3) is 2.75. The molecular formula is C12H15N3O4. The molecule has 19 heavy (non-hydrogen) atoms. The van der Waals surface area contributed by atoms with E-state index < -0.39 is 5.56 Å². The van der Waals surface area contributed by atoms with Crippen LogP contribution in [0.5, 0.6) is 5.75 Å². The summed E-state index contributed by atoms with van der Waals surface area (Å²) in [6.07, 6.45) is 2.23. The van der Waals surface area contributed by atoms with E-state index in [0.29, 0.717) is 25.9 Å². The number of pyridine rings is 1. The fourth-order valence-corrected chi connectivity index (χ4v) is 2.17. The molecule has 0 aliphatic carbocycles. The zero-order chi connectivity index (χ0) is 14.0. The third-order valence-corrected chi connectivity index (χ3v) is 3.32. The topological polar surface area (TPSA) is 116 Å². The van der Waals surface area contributed by atoms with Gasteiger partial charge in [-0.3, -0.25) is 14.4 Å². The highest BCUT2D eigenvalue weighted by Crippen LogP contribution is 2.21. The Morgan fingerprint density at radius 2 is 2.00 bits per heavy atom. The number of rotatable bonds is 2. The lowest BCUT2D eigenvalue weighted by Crippen LogP contribution is -2.41. The second kappa shape index (κ2) is 5.13. The molecule has 2 rings (SSSR count). The summed E-state index contributed by atoms with van der Waals surface area (Å²) in [5, 5.41) is 9.59. The smallest absolute Gasteiger partial charge is 0.259 e. The van der Waals surface area contributed by atoms with Crippen molar-refractivity contribution >= 4 is 11.8 Å². The van der Waals surface area contributed by atoms with Crippen LogP contribution < -0.4 is 11.3 Å². The minimum absolute atomic E-state index is 0.0529. The number of likely N-dealkylation sites (tertiary alicyclic amines) is 1. The van der Waals surface area contributed by atoms with Crippen LogP contribution in [0, 0.1) is 5.92 Å². The van der Waals surface area contributed by atoms with Crippen LogP contribution in [0.3, 0.4) is 0 Å². The first-order chi connectivity index (χ1) is 8.99. The normalized spacial score (nSPS) is 16.3. The van der Waals surface area contributed by atoms with Crippen LogP contribution in [0.2, 0.25) is 0 Å². The van der Waals surface area contributed by atoms with Gasteiger partial charge in [-0.25, -0.2) is 0 Å². The number of H-pyrrole nitrogens is 1. The van der Waals surface area contributed by atoms with Crippen molar-refractivity contribution in [2.45, 2.75) is 12.8 Å². The molecule has 0 saturated carbocycles. The molecule has 1 fully saturated rings. The summed E-state index contributed by atoms with van der Waals surface area (Å²) >= 11 is 0. The van der Waals surface area contributed by atoms with Crippen molar-refractivity contribution in [2.75, 3.05) is 13.1 Å². The highest BCUT2D eigenvalue weighted by Gasteiger charge is 2.27. The molecule has 1 aliphatic heterocycles. The molecule has 102 valence electrons. The Morgan fingerprint density at radius 3 is 2.53 bits per heavy atom. The molecule has 1 aromatic heterocycles. The van der Waals surface area contributed by atoms with Crippen LogP contribution in [-0.4, -0.2) is 39.9 Å². The minimum Gasteiger partial charge on any atom is -0.507 e. The fraction of sp³-hybridized carbons (Fsp3) is 0.417. The van der Waals surface area contributed by atoms with Crippen molar-refractivity contribution in [2.24, 2.45) is 11.7 Å². The van der Waals surface area contributed by atoms with Gasteiger partial charge in [0, 0.05) is 31.3 Å². The molecule has 1 saturated heterocycles. The number of nitrogens with two attached hydrogens (primary N) is 1. The van der Waals surface area contributed by atoms with E-state index in [0.717, 1.165) is 6.07 Å². The van der Waals surface area contributed by atoms with Crippen LogP contribution >= 0.6 is 0 Å². The van der Waals surface area contributed by atoms with E-state index in [2.05, 4.69) is 4.98 Å². The lowest BCUT2D eigenvalue weighted by atomic mass is 9.96. The zero-order valence-corrected chi connectivity index (χ0v) is 10.3. The van der Waals surface area contributed by atoms with Crippen molar-refractivity contribution in [1.29, 1.82) is 0 Å². The number of hydrogen-bond donors (Lipinski definition) is 3. The van der Waals surface area contributed by atoms with Crippen molar-refractivity contribution in [3.8, 4) is 5.75 Å². The molecule has 7 heteroatoms. The predicted octanol–water partition coefficient (Wildman–Crippen LogP) is -0.582. The molecule has 1 aliphatic rings. The summed E-state index contributed by atoms with van der Waals surface area (Å²) < 4.78 is 0. The summed E-state index contributed by atoms with van der Waals surface area (Å²) in [6.45, 7) is 0.815. The first-order valence-electron chi connectivity index (χ1n) is 5.99. The molecule has 7 nitrogen and oxygen atoms in total. The molecule has 0 radical (unpaired) electrons. The van der Waals surface area contributed by atoms with Crippen molar-refractivity contribution in [3.63, 3.8) is 0 Å². The maximum Gasteiger partial charge on any atom is 0.259 e. The number of piperidine rings is 1. The van der Waals surface area contributed by atoms with Crippen molar-refractivity contribution in [1.82, 2.24) is 9.88 Å². The number of aromatic amines is 1. The van der Waals surface area contributed by atoms with Crippen LogP contribution in [0.1, 0.15) is 23.2 Å². The molecule has 0 aromatic carbocycles.